The molecule has 27 heavy (non-hydrogen) atoms. The van der Waals surface area contributed by atoms with Gasteiger partial charge in [0.1, 0.15) is 12.4 Å². The van der Waals surface area contributed by atoms with E-state index in [0.717, 1.165) is 36.1 Å². The smallest absolute Gasteiger partial charge is 0.261 e. The molecule has 0 bridgehead atoms. The molecular formula is C20H28N4O2S. The van der Waals surface area contributed by atoms with E-state index in [4.69, 9.17) is 4.74 Å². The summed E-state index contributed by atoms with van der Waals surface area (Å²) in [5.74, 6) is 1.70. The maximum atomic E-state index is 11.9. The molecule has 0 aliphatic heterocycles. The minimum atomic E-state index is -0.0175. The normalized spacial score (nSPS) is 11.1. The van der Waals surface area contributed by atoms with Gasteiger partial charge in [-0.05, 0) is 36.9 Å². The van der Waals surface area contributed by atoms with Gasteiger partial charge < -0.3 is 20.3 Å². The van der Waals surface area contributed by atoms with Crippen LogP contribution >= 0.6 is 11.3 Å². The summed E-state index contributed by atoms with van der Waals surface area (Å²) in [5, 5.41) is 8.11. The zero-order valence-corrected chi connectivity index (χ0v) is 16.8. The molecule has 0 spiro atoms. The second-order valence-electron chi connectivity index (χ2n) is 5.91. The Hall–Kier alpha value is -2.54. The van der Waals surface area contributed by atoms with Crippen LogP contribution in [0.25, 0.3) is 0 Å². The van der Waals surface area contributed by atoms with Gasteiger partial charge in [0.25, 0.3) is 5.91 Å². The van der Waals surface area contributed by atoms with Crippen molar-refractivity contribution in [3.63, 3.8) is 0 Å². The lowest BCUT2D eigenvalue weighted by Crippen LogP contribution is -2.41. The van der Waals surface area contributed by atoms with E-state index in [1.165, 1.54) is 11.3 Å². The standard InChI is InChI=1S/C20H28N4O2S/c1-3-21-20(24(2)14-15-26-17-9-5-4-6-10-17)23-13-8-12-22-19(25)18-11-7-16-27-18/h4-7,9-11,16H,3,8,12-15H2,1-2H3,(H,21,23)(H,22,25). The van der Waals surface area contributed by atoms with Crippen LogP contribution in [0.3, 0.4) is 0 Å². The molecule has 0 atom stereocenters. The van der Waals surface area contributed by atoms with Crippen molar-refractivity contribution >= 4 is 23.2 Å². The third-order valence-electron chi connectivity index (χ3n) is 3.76. The Bertz CT molecular complexity index is 689. The zero-order chi connectivity index (χ0) is 19.3. The van der Waals surface area contributed by atoms with E-state index in [9.17, 15) is 4.79 Å². The van der Waals surface area contributed by atoms with Crippen molar-refractivity contribution in [3.05, 3.63) is 52.7 Å². The fraction of sp³-hybridized carbons (Fsp3) is 0.400. The molecule has 0 unspecified atom stereocenters. The van der Waals surface area contributed by atoms with Crippen molar-refractivity contribution in [1.29, 1.82) is 0 Å². The second-order valence-corrected chi connectivity index (χ2v) is 6.85. The maximum absolute atomic E-state index is 11.9. The number of carbonyl (C=O) groups is 1. The lowest BCUT2D eigenvalue weighted by molar-refractivity contribution is 0.0957. The van der Waals surface area contributed by atoms with Crippen LogP contribution in [-0.4, -0.2) is 56.6 Å². The van der Waals surface area contributed by atoms with Crippen molar-refractivity contribution in [2.45, 2.75) is 13.3 Å². The van der Waals surface area contributed by atoms with E-state index in [0.29, 0.717) is 19.7 Å². The molecule has 0 aliphatic carbocycles. The third-order valence-corrected chi connectivity index (χ3v) is 4.63. The van der Waals surface area contributed by atoms with Gasteiger partial charge in [-0.3, -0.25) is 9.79 Å². The lowest BCUT2D eigenvalue weighted by Gasteiger charge is -2.22. The number of para-hydroxylation sites is 1. The van der Waals surface area contributed by atoms with E-state index in [1.54, 1.807) is 0 Å². The first-order chi connectivity index (χ1) is 13.2. The molecular weight excluding hydrogens is 360 g/mol. The van der Waals surface area contributed by atoms with Crippen LogP contribution in [0.15, 0.2) is 52.8 Å². The Morgan fingerprint density at radius 2 is 2.00 bits per heavy atom. The maximum Gasteiger partial charge on any atom is 0.261 e. The number of nitrogens with one attached hydrogen (secondary N) is 2. The van der Waals surface area contributed by atoms with Crippen LogP contribution in [0.4, 0.5) is 0 Å². The number of hydrogen-bond donors (Lipinski definition) is 2. The largest absolute Gasteiger partial charge is 0.492 e. The average Bonchev–Trinajstić information content (AvgIpc) is 3.22. The van der Waals surface area contributed by atoms with Crippen LogP contribution in [-0.2, 0) is 0 Å². The summed E-state index contributed by atoms with van der Waals surface area (Å²) in [6.07, 6.45) is 0.792. The second kappa shape index (κ2) is 12.0. The van der Waals surface area contributed by atoms with Crippen molar-refractivity contribution in [1.82, 2.24) is 15.5 Å². The number of aliphatic imine (C=N–C) groups is 1. The summed E-state index contributed by atoms with van der Waals surface area (Å²) in [6.45, 7) is 5.43. The molecule has 1 amide bonds. The quantitative estimate of drug-likeness (QED) is 0.373. The van der Waals surface area contributed by atoms with Crippen LogP contribution in [0.2, 0.25) is 0 Å². The number of rotatable bonds is 10. The molecule has 2 rings (SSSR count). The molecule has 1 aromatic carbocycles. The minimum absolute atomic E-state index is 0.0175. The van der Waals surface area contributed by atoms with Crippen molar-refractivity contribution in [2.75, 3.05) is 39.8 Å². The van der Waals surface area contributed by atoms with Crippen LogP contribution < -0.4 is 15.4 Å². The Labute approximate surface area is 165 Å². The highest BCUT2D eigenvalue weighted by Crippen LogP contribution is 2.08. The molecule has 146 valence electrons. The molecule has 0 saturated carbocycles. The van der Waals surface area contributed by atoms with E-state index in [1.807, 2.05) is 61.8 Å². The van der Waals surface area contributed by atoms with Gasteiger partial charge in [0.2, 0.25) is 0 Å². The summed E-state index contributed by atoms with van der Waals surface area (Å²) >= 11 is 1.45. The van der Waals surface area contributed by atoms with Gasteiger partial charge >= 0.3 is 0 Å². The van der Waals surface area contributed by atoms with E-state index in [2.05, 4.69) is 20.5 Å². The Kier molecular flexibility index (Phi) is 9.20. The van der Waals surface area contributed by atoms with Gasteiger partial charge in [0, 0.05) is 26.7 Å². The first-order valence-electron chi connectivity index (χ1n) is 9.19. The fourth-order valence-corrected chi connectivity index (χ4v) is 2.99. The van der Waals surface area contributed by atoms with E-state index in [-0.39, 0.29) is 5.91 Å². The number of guanidine groups is 1. The van der Waals surface area contributed by atoms with Crippen LogP contribution in [0, 0.1) is 0 Å². The molecule has 0 fully saturated rings. The van der Waals surface area contributed by atoms with Gasteiger partial charge in [-0.2, -0.15) is 0 Å². The summed E-state index contributed by atoms with van der Waals surface area (Å²) in [5.41, 5.74) is 0. The highest BCUT2D eigenvalue weighted by molar-refractivity contribution is 7.12. The van der Waals surface area contributed by atoms with Gasteiger partial charge in [-0.25, -0.2) is 0 Å². The predicted octanol–water partition coefficient (Wildman–Crippen LogP) is 2.84. The molecule has 2 aromatic rings. The fourth-order valence-electron chi connectivity index (χ4n) is 2.35. The predicted molar refractivity (Wildman–Crippen MR) is 112 cm³/mol. The summed E-state index contributed by atoms with van der Waals surface area (Å²) < 4.78 is 5.74. The number of benzene rings is 1. The number of amides is 1. The summed E-state index contributed by atoms with van der Waals surface area (Å²) in [6, 6.07) is 13.5. The number of ether oxygens (including phenoxy) is 1. The number of carbonyl (C=O) groups excluding carboxylic acids is 1. The molecule has 6 nitrogen and oxygen atoms in total. The summed E-state index contributed by atoms with van der Waals surface area (Å²) in [4.78, 5) is 19.3. The minimum Gasteiger partial charge on any atom is -0.492 e. The Balaban J connectivity index is 1.69. The number of hydrogen-bond acceptors (Lipinski definition) is 4. The first-order valence-corrected chi connectivity index (χ1v) is 10.1. The van der Waals surface area contributed by atoms with E-state index >= 15 is 0 Å². The molecule has 1 aromatic heterocycles. The Morgan fingerprint density at radius 1 is 1.19 bits per heavy atom. The van der Waals surface area contributed by atoms with Crippen molar-refractivity contribution in [2.24, 2.45) is 4.99 Å². The SMILES string of the molecule is CCNC(=NCCCNC(=O)c1cccs1)N(C)CCOc1ccccc1. The average molecular weight is 389 g/mol. The number of nitrogens with zero attached hydrogens (tertiary/aromatic N) is 2. The summed E-state index contributed by atoms with van der Waals surface area (Å²) in [7, 11) is 1.99. The zero-order valence-electron chi connectivity index (χ0n) is 16.0. The Morgan fingerprint density at radius 3 is 2.70 bits per heavy atom. The lowest BCUT2D eigenvalue weighted by atomic mass is 10.3. The molecule has 0 saturated heterocycles. The molecule has 2 N–H and O–H groups in total. The highest BCUT2D eigenvalue weighted by atomic mass is 32.1. The number of thiophene rings is 1. The monoisotopic (exact) mass is 388 g/mol. The van der Waals surface area contributed by atoms with E-state index < -0.39 is 0 Å². The van der Waals surface area contributed by atoms with Gasteiger partial charge in [-0.1, -0.05) is 24.3 Å². The van der Waals surface area contributed by atoms with Crippen molar-refractivity contribution < 1.29 is 9.53 Å². The van der Waals surface area contributed by atoms with Gasteiger partial charge in [0.05, 0.1) is 11.4 Å². The molecule has 1 heterocycles. The number of likely N-dealkylation sites (N-methyl/N-ethyl adjacent to an activating group) is 1. The molecule has 0 aliphatic rings. The molecule has 7 heteroatoms. The van der Waals surface area contributed by atoms with Gasteiger partial charge in [0.15, 0.2) is 5.96 Å². The third kappa shape index (κ3) is 7.70. The van der Waals surface area contributed by atoms with Crippen LogP contribution in [0.5, 0.6) is 5.75 Å². The van der Waals surface area contributed by atoms with Crippen LogP contribution in [0.1, 0.15) is 23.0 Å². The first kappa shape index (κ1) is 20.8. The molecule has 0 radical (unpaired) electrons. The van der Waals surface area contributed by atoms with Gasteiger partial charge in [-0.15, -0.1) is 11.3 Å². The van der Waals surface area contributed by atoms with Crippen molar-refractivity contribution in [3.8, 4) is 5.75 Å². The topological polar surface area (TPSA) is 66.0 Å². The highest BCUT2D eigenvalue weighted by Gasteiger charge is 2.07.